The van der Waals surface area contributed by atoms with Gasteiger partial charge >= 0.3 is 0 Å². The number of methoxy groups -OCH3 is 1. The van der Waals surface area contributed by atoms with Crippen molar-refractivity contribution in [3.8, 4) is 5.75 Å². The van der Waals surface area contributed by atoms with Crippen LogP contribution < -0.4 is 10.1 Å². The lowest BCUT2D eigenvalue weighted by atomic mass is 10.0. The first-order valence-electron chi connectivity index (χ1n) is 13.3. The molecular formula is C30H37N5O4. The molecule has 0 saturated carbocycles. The predicted molar refractivity (Wildman–Crippen MR) is 150 cm³/mol. The van der Waals surface area contributed by atoms with Gasteiger partial charge in [0.1, 0.15) is 18.1 Å². The number of carbonyl (C=O) groups is 2. The summed E-state index contributed by atoms with van der Waals surface area (Å²) in [7, 11) is 3.47. The molecule has 4 rings (SSSR count). The molecular weight excluding hydrogens is 494 g/mol. The van der Waals surface area contributed by atoms with Crippen LogP contribution in [0, 0.1) is 5.92 Å². The molecule has 2 amide bonds. The quantitative estimate of drug-likeness (QED) is 0.517. The summed E-state index contributed by atoms with van der Waals surface area (Å²) in [6, 6.07) is 15.6. The van der Waals surface area contributed by atoms with Gasteiger partial charge in [0.2, 0.25) is 0 Å². The smallest absolute Gasteiger partial charge is 0.275 e. The van der Waals surface area contributed by atoms with Crippen molar-refractivity contribution < 1.29 is 19.1 Å². The standard InChI is InChI=1S/C30H37N5O4/c1-21-18-35(15-12-23-8-6-5-7-9-23)22(2)20-39-27-16-24(33-29(36)26-17-31-13-14-32-26)10-11-25(27)30(37)34(3)19-28(21)38-4/h5-11,13-14,16-17,21-22,28H,12,15,18-20H2,1-4H3,(H,33,36)/t21-,22+,28-/m1/s1. The molecule has 0 fully saturated rings. The summed E-state index contributed by atoms with van der Waals surface area (Å²) in [5, 5.41) is 2.82. The fraction of sp³-hybridized carbons (Fsp3) is 0.400. The zero-order chi connectivity index (χ0) is 27.8. The van der Waals surface area contributed by atoms with Crippen LogP contribution in [0.1, 0.15) is 40.3 Å². The molecule has 9 heteroatoms. The number of carbonyl (C=O) groups excluding carboxylic acids is 2. The number of rotatable bonds is 6. The molecule has 3 aromatic rings. The van der Waals surface area contributed by atoms with E-state index < -0.39 is 5.91 Å². The van der Waals surface area contributed by atoms with Crippen LogP contribution in [0.15, 0.2) is 67.1 Å². The minimum Gasteiger partial charge on any atom is -0.491 e. The second-order valence-corrected chi connectivity index (χ2v) is 10.1. The molecule has 0 saturated heterocycles. The second-order valence-electron chi connectivity index (χ2n) is 10.1. The van der Waals surface area contributed by atoms with Gasteiger partial charge in [0, 0.05) is 64.0 Å². The van der Waals surface area contributed by atoms with Gasteiger partial charge in [-0.2, -0.15) is 0 Å². The van der Waals surface area contributed by atoms with E-state index in [2.05, 4.69) is 58.3 Å². The molecule has 0 aliphatic carbocycles. The van der Waals surface area contributed by atoms with Crippen molar-refractivity contribution in [1.82, 2.24) is 19.8 Å². The lowest BCUT2D eigenvalue weighted by Crippen LogP contribution is -2.47. The number of hydrogen-bond donors (Lipinski definition) is 1. The summed E-state index contributed by atoms with van der Waals surface area (Å²) in [5.41, 5.74) is 2.42. The molecule has 39 heavy (non-hydrogen) atoms. The van der Waals surface area contributed by atoms with Gasteiger partial charge in [-0.3, -0.25) is 19.5 Å². The molecule has 2 aromatic carbocycles. The molecule has 1 aliphatic rings. The molecule has 0 bridgehead atoms. The number of fused-ring (bicyclic) bond motifs is 1. The average Bonchev–Trinajstić information content (AvgIpc) is 2.96. The number of nitrogens with zero attached hydrogens (tertiary/aromatic N) is 4. The van der Waals surface area contributed by atoms with Crippen LogP contribution in [0.3, 0.4) is 0 Å². The second kappa shape index (κ2) is 13.3. The Bertz CT molecular complexity index is 1240. The van der Waals surface area contributed by atoms with Gasteiger partial charge in [-0.15, -0.1) is 0 Å². The maximum atomic E-state index is 13.5. The third-order valence-electron chi connectivity index (χ3n) is 7.16. The SMILES string of the molecule is CO[C@@H]1CN(C)C(=O)c2ccc(NC(=O)c3cnccn3)cc2OC[C@H](C)N(CCc2ccccc2)C[C@H]1C. The van der Waals surface area contributed by atoms with E-state index in [4.69, 9.17) is 9.47 Å². The topological polar surface area (TPSA) is 96.9 Å². The normalized spacial score (nSPS) is 20.8. The van der Waals surface area contributed by atoms with Gasteiger partial charge in [0.15, 0.2) is 0 Å². The Balaban J connectivity index is 1.59. The Labute approximate surface area is 230 Å². The van der Waals surface area contributed by atoms with Crippen molar-refractivity contribution in [1.29, 1.82) is 0 Å². The zero-order valence-electron chi connectivity index (χ0n) is 23.0. The fourth-order valence-corrected chi connectivity index (χ4v) is 4.77. The average molecular weight is 532 g/mol. The monoisotopic (exact) mass is 531 g/mol. The highest BCUT2D eigenvalue weighted by Gasteiger charge is 2.28. The molecule has 206 valence electrons. The van der Waals surface area contributed by atoms with E-state index in [0.717, 1.165) is 19.5 Å². The number of aromatic nitrogens is 2. The number of likely N-dealkylation sites (N-methyl/N-ethyl adjacent to an activating group) is 1. The molecule has 1 aromatic heterocycles. The summed E-state index contributed by atoms with van der Waals surface area (Å²) in [6.07, 6.45) is 5.16. The van der Waals surface area contributed by atoms with Crippen LogP contribution in [0.2, 0.25) is 0 Å². The van der Waals surface area contributed by atoms with Crippen molar-refractivity contribution >= 4 is 17.5 Å². The highest BCUT2D eigenvalue weighted by Crippen LogP contribution is 2.27. The van der Waals surface area contributed by atoms with Crippen LogP contribution in [-0.2, 0) is 11.2 Å². The maximum Gasteiger partial charge on any atom is 0.275 e. The Morgan fingerprint density at radius 2 is 1.92 bits per heavy atom. The number of hydrogen-bond acceptors (Lipinski definition) is 7. The molecule has 3 atom stereocenters. The van der Waals surface area contributed by atoms with Crippen LogP contribution in [0.4, 0.5) is 5.69 Å². The van der Waals surface area contributed by atoms with Crippen LogP contribution >= 0.6 is 0 Å². The molecule has 2 heterocycles. The minimum atomic E-state index is -0.392. The van der Waals surface area contributed by atoms with Gasteiger partial charge in [-0.25, -0.2) is 4.98 Å². The number of ether oxygens (including phenoxy) is 2. The summed E-state index contributed by atoms with van der Waals surface area (Å²) < 4.78 is 12.1. The Kier molecular flexibility index (Phi) is 9.62. The molecule has 0 radical (unpaired) electrons. The number of amides is 2. The predicted octanol–water partition coefficient (Wildman–Crippen LogP) is 3.78. The summed E-state index contributed by atoms with van der Waals surface area (Å²) in [6.45, 7) is 6.80. The lowest BCUT2D eigenvalue weighted by Gasteiger charge is -2.36. The van der Waals surface area contributed by atoms with Gasteiger partial charge < -0.3 is 19.7 Å². The van der Waals surface area contributed by atoms with E-state index in [1.165, 1.54) is 24.2 Å². The third kappa shape index (κ3) is 7.40. The Hall–Kier alpha value is -3.82. The summed E-state index contributed by atoms with van der Waals surface area (Å²) in [4.78, 5) is 38.2. The van der Waals surface area contributed by atoms with Crippen molar-refractivity contribution in [2.45, 2.75) is 32.4 Å². The van der Waals surface area contributed by atoms with Gasteiger partial charge in [-0.1, -0.05) is 37.3 Å². The first-order valence-corrected chi connectivity index (χ1v) is 13.3. The molecule has 9 nitrogen and oxygen atoms in total. The van der Waals surface area contributed by atoms with Crippen molar-refractivity contribution in [2.24, 2.45) is 5.92 Å². The molecule has 1 aliphatic heterocycles. The van der Waals surface area contributed by atoms with Crippen LogP contribution in [-0.4, -0.2) is 84.1 Å². The van der Waals surface area contributed by atoms with Gasteiger partial charge in [-0.05, 0) is 37.0 Å². The number of benzene rings is 2. The number of nitrogens with one attached hydrogen (secondary N) is 1. The largest absolute Gasteiger partial charge is 0.491 e. The van der Waals surface area contributed by atoms with Crippen molar-refractivity contribution in [3.63, 3.8) is 0 Å². The van der Waals surface area contributed by atoms with E-state index in [-0.39, 0.29) is 29.7 Å². The zero-order valence-corrected chi connectivity index (χ0v) is 23.0. The highest BCUT2D eigenvalue weighted by molar-refractivity contribution is 6.03. The minimum absolute atomic E-state index is 0.0756. The first-order chi connectivity index (χ1) is 18.9. The summed E-state index contributed by atoms with van der Waals surface area (Å²) in [5.74, 6) is 0.0551. The van der Waals surface area contributed by atoms with E-state index >= 15 is 0 Å². The van der Waals surface area contributed by atoms with Crippen LogP contribution in [0.5, 0.6) is 5.75 Å². The van der Waals surface area contributed by atoms with E-state index in [1.807, 2.05) is 6.07 Å². The maximum absolute atomic E-state index is 13.5. The van der Waals surface area contributed by atoms with E-state index in [9.17, 15) is 9.59 Å². The van der Waals surface area contributed by atoms with E-state index in [1.54, 1.807) is 37.3 Å². The van der Waals surface area contributed by atoms with Crippen molar-refractivity contribution in [2.75, 3.05) is 45.7 Å². The fourth-order valence-electron chi connectivity index (χ4n) is 4.77. The number of anilines is 1. The molecule has 0 unspecified atom stereocenters. The molecule has 0 spiro atoms. The summed E-state index contributed by atoms with van der Waals surface area (Å²) >= 11 is 0. The van der Waals surface area contributed by atoms with E-state index in [0.29, 0.717) is 30.2 Å². The van der Waals surface area contributed by atoms with Gasteiger partial charge in [0.25, 0.3) is 11.8 Å². The van der Waals surface area contributed by atoms with Crippen molar-refractivity contribution in [3.05, 3.63) is 83.9 Å². The first kappa shape index (κ1) is 28.2. The third-order valence-corrected chi connectivity index (χ3v) is 7.16. The highest BCUT2D eigenvalue weighted by atomic mass is 16.5. The Morgan fingerprint density at radius 3 is 2.64 bits per heavy atom. The lowest BCUT2D eigenvalue weighted by molar-refractivity contribution is 0.0109. The Morgan fingerprint density at radius 1 is 1.13 bits per heavy atom. The van der Waals surface area contributed by atoms with Crippen LogP contribution in [0.25, 0.3) is 0 Å². The van der Waals surface area contributed by atoms with Gasteiger partial charge in [0.05, 0.1) is 17.9 Å². The molecule has 1 N–H and O–H groups in total.